The number of halogens is 1. The summed E-state index contributed by atoms with van der Waals surface area (Å²) in [5, 5.41) is 2.60. The Morgan fingerprint density at radius 2 is 1.50 bits per heavy atom. The minimum atomic E-state index is 0.488. The lowest BCUT2D eigenvalue weighted by atomic mass is 9.99. The first-order valence-corrected chi connectivity index (χ1v) is 8.20. The van der Waals surface area contributed by atoms with Crippen molar-refractivity contribution in [1.82, 2.24) is 15.0 Å². The lowest BCUT2D eigenvalue weighted by Crippen LogP contribution is -1.93. The average molecular weight is 334 g/mol. The molecule has 2 aromatic heterocycles. The van der Waals surface area contributed by atoms with E-state index >= 15 is 0 Å². The van der Waals surface area contributed by atoms with Crippen molar-refractivity contribution in [3.8, 4) is 22.6 Å². The molecular formula is C20H16ClN3. The number of rotatable bonds is 2. The van der Waals surface area contributed by atoms with Gasteiger partial charge in [-0.3, -0.25) is 0 Å². The third kappa shape index (κ3) is 2.38. The first kappa shape index (κ1) is 14.9. The first-order valence-electron chi connectivity index (χ1n) is 7.82. The molecule has 1 N–H and O–H groups in total. The number of nitrogens with zero attached hydrogens (tertiary/aromatic N) is 2. The zero-order chi connectivity index (χ0) is 16.7. The van der Waals surface area contributed by atoms with Crippen LogP contribution in [0.4, 0.5) is 0 Å². The summed E-state index contributed by atoms with van der Waals surface area (Å²) in [4.78, 5) is 12.6. The van der Waals surface area contributed by atoms with Gasteiger partial charge in [0.25, 0.3) is 0 Å². The largest absolute Gasteiger partial charge is 0.341 e. The van der Waals surface area contributed by atoms with E-state index < -0.39 is 0 Å². The predicted molar refractivity (Wildman–Crippen MR) is 99.2 cm³/mol. The molecule has 118 valence electrons. The summed E-state index contributed by atoms with van der Waals surface area (Å²) in [6, 6.07) is 18.3. The molecule has 0 atom stereocenters. The number of aromatic amines is 1. The number of hydrogen-bond donors (Lipinski definition) is 1. The fourth-order valence-corrected chi connectivity index (χ4v) is 3.25. The van der Waals surface area contributed by atoms with Crippen molar-refractivity contribution in [2.75, 3.05) is 0 Å². The lowest BCUT2D eigenvalue weighted by molar-refractivity contribution is 1.22. The Morgan fingerprint density at radius 1 is 0.833 bits per heavy atom. The molecule has 0 saturated heterocycles. The van der Waals surface area contributed by atoms with E-state index in [1.807, 2.05) is 44.2 Å². The Morgan fingerprint density at radius 3 is 2.17 bits per heavy atom. The molecule has 4 heteroatoms. The van der Waals surface area contributed by atoms with Crippen molar-refractivity contribution in [1.29, 1.82) is 0 Å². The van der Waals surface area contributed by atoms with Gasteiger partial charge in [0.2, 0.25) is 0 Å². The van der Waals surface area contributed by atoms with Crippen LogP contribution in [0.25, 0.3) is 33.4 Å². The Kier molecular flexibility index (Phi) is 3.58. The summed E-state index contributed by atoms with van der Waals surface area (Å²) in [5.74, 6) is 0.753. The SMILES string of the molecule is Cc1nc(-c2nc(Cl)c(-c3ccccc3)c3ccccc23)[nH]c1C. The van der Waals surface area contributed by atoms with Gasteiger partial charge in [0, 0.05) is 16.6 Å². The molecule has 2 aromatic carbocycles. The maximum atomic E-state index is 6.59. The topological polar surface area (TPSA) is 41.6 Å². The number of aromatic nitrogens is 3. The molecule has 0 radical (unpaired) electrons. The van der Waals surface area contributed by atoms with Gasteiger partial charge in [-0.15, -0.1) is 0 Å². The van der Waals surface area contributed by atoms with Crippen LogP contribution >= 0.6 is 11.6 Å². The van der Waals surface area contributed by atoms with E-state index in [1.165, 1.54) is 0 Å². The fourth-order valence-electron chi connectivity index (χ4n) is 2.95. The van der Waals surface area contributed by atoms with E-state index in [-0.39, 0.29) is 0 Å². The van der Waals surface area contributed by atoms with Gasteiger partial charge in [0.05, 0.1) is 5.69 Å². The van der Waals surface area contributed by atoms with Gasteiger partial charge >= 0.3 is 0 Å². The maximum Gasteiger partial charge on any atom is 0.157 e. The molecule has 0 aliphatic carbocycles. The average Bonchev–Trinajstić information content (AvgIpc) is 2.94. The van der Waals surface area contributed by atoms with Crippen LogP contribution in [0.1, 0.15) is 11.4 Å². The smallest absolute Gasteiger partial charge is 0.157 e. The third-order valence-corrected chi connectivity index (χ3v) is 4.56. The van der Waals surface area contributed by atoms with Crippen molar-refractivity contribution in [3.63, 3.8) is 0 Å². The molecule has 3 nitrogen and oxygen atoms in total. The molecule has 0 spiro atoms. The van der Waals surface area contributed by atoms with E-state index in [4.69, 9.17) is 11.6 Å². The van der Waals surface area contributed by atoms with E-state index in [2.05, 4.69) is 39.2 Å². The minimum Gasteiger partial charge on any atom is -0.341 e. The van der Waals surface area contributed by atoms with Crippen LogP contribution in [0.3, 0.4) is 0 Å². The lowest BCUT2D eigenvalue weighted by Gasteiger charge is -2.12. The van der Waals surface area contributed by atoms with Gasteiger partial charge in [-0.1, -0.05) is 66.2 Å². The minimum absolute atomic E-state index is 0.488. The highest BCUT2D eigenvalue weighted by Crippen LogP contribution is 2.37. The first-order chi connectivity index (χ1) is 11.6. The van der Waals surface area contributed by atoms with Crippen molar-refractivity contribution >= 4 is 22.4 Å². The van der Waals surface area contributed by atoms with E-state index in [1.54, 1.807) is 0 Å². The second-order valence-corrected chi connectivity index (χ2v) is 6.19. The highest BCUT2D eigenvalue weighted by atomic mass is 35.5. The van der Waals surface area contributed by atoms with Crippen molar-refractivity contribution < 1.29 is 0 Å². The predicted octanol–water partition coefficient (Wildman–Crippen LogP) is 5.56. The quantitative estimate of drug-likeness (QED) is 0.488. The molecule has 0 fully saturated rings. The number of imidazole rings is 1. The molecule has 0 saturated carbocycles. The number of fused-ring (bicyclic) bond motifs is 1. The maximum absolute atomic E-state index is 6.59. The number of H-pyrrole nitrogens is 1. The van der Waals surface area contributed by atoms with Crippen LogP contribution in [-0.4, -0.2) is 15.0 Å². The summed E-state index contributed by atoms with van der Waals surface area (Å²) in [6.07, 6.45) is 0. The van der Waals surface area contributed by atoms with E-state index in [0.717, 1.165) is 44.8 Å². The fraction of sp³-hybridized carbons (Fsp3) is 0.100. The zero-order valence-electron chi connectivity index (χ0n) is 13.5. The van der Waals surface area contributed by atoms with Crippen LogP contribution in [-0.2, 0) is 0 Å². The Bertz CT molecular complexity index is 1020. The monoisotopic (exact) mass is 333 g/mol. The summed E-state index contributed by atoms with van der Waals surface area (Å²) < 4.78 is 0. The molecule has 0 aliphatic heterocycles. The van der Waals surface area contributed by atoms with Crippen molar-refractivity contribution in [2.45, 2.75) is 13.8 Å². The number of hydrogen-bond acceptors (Lipinski definition) is 2. The highest BCUT2D eigenvalue weighted by Gasteiger charge is 2.17. The van der Waals surface area contributed by atoms with Crippen molar-refractivity contribution in [3.05, 3.63) is 71.1 Å². The van der Waals surface area contributed by atoms with Gasteiger partial charge in [-0.05, 0) is 24.8 Å². The number of aryl methyl sites for hydroxylation is 2. The Labute approximate surface area is 145 Å². The summed E-state index contributed by atoms with van der Waals surface area (Å²) in [7, 11) is 0. The van der Waals surface area contributed by atoms with Gasteiger partial charge < -0.3 is 4.98 Å². The zero-order valence-corrected chi connectivity index (χ0v) is 14.2. The van der Waals surface area contributed by atoms with Gasteiger partial charge in [0.1, 0.15) is 10.8 Å². The van der Waals surface area contributed by atoms with Crippen LogP contribution in [0.2, 0.25) is 5.15 Å². The second-order valence-electron chi connectivity index (χ2n) is 5.83. The molecule has 0 unspecified atom stereocenters. The standard InChI is InChI=1S/C20H16ClN3/c1-12-13(2)23-20(22-12)18-16-11-7-6-10-15(16)17(19(21)24-18)14-8-4-3-5-9-14/h3-11H,1-2H3,(H,22,23). The third-order valence-electron chi connectivity index (χ3n) is 4.28. The van der Waals surface area contributed by atoms with Crippen LogP contribution in [0.15, 0.2) is 54.6 Å². The summed E-state index contributed by atoms with van der Waals surface area (Å²) in [6.45, 7) is 3.99. The molecule has 4 aromatic rings. The number of nitrogens with one attached hydrogen (secondary N) is 1. The van der Waals surface area contributed by atoms with Gasteiger partial charge in [0.15, 0.2) is 5.82 Å². The summed E-state index contributed by atoms with van der Waals surface area (Å²) in [5.41, 5.74) is 4.81. The molecule has 0 bridgehead atoms. The second kappa shape index (κ2) is 5.77. The normalized spacial score (nSPS) is 11.1. The number of benzene rings is 2. The highest BCUT2D eigenvalue weighted by molar-refractivity contribution is 6.34. The number of pyridine rings is 1. The Hall–Kier alpha value is -2.65. The van der Waals surface area contributed by atoms with E-state index in [0.29, 0.717) is 5.15 Å². The summed E-state index contributed by atoms with van der Waals surface area (Å²) >= 11 is 6.59. The molecule has 4 rings (SSSR count). The molecule has 0 aliphatic rings. The van der Waals surface area contributed by atoms with Gasteiger partial charge in [-0.2, -0.15) is 0 Å². The van der Waals surface area contributed by atoms with Crippen LogP contribution < -0.4 is 0 Å². The molecule has 2 heterocycles. The van der Waals surface area contributed by atoms with Gasteiger partial charge in [-0.25, -0.2) is 9.97 Å². The van der Waals surface area contributed by atoms with Crippen molar-refractivity contribution in [2.24, 2.45) is 0 Å². The van der Waals surface area contributed by atoms with Crippen LogP contribution in [0, 0.1) is 13.8 Å². The molecule has 24 heavy (non-hydrogen) atoms. The van der Waals surface area contributed by atoms with E-state index in [9.17, 15) is 0 Å². The Balaban J connectivity index is 2.06. The molecular weight excluding hydrogens is 318 g/mol. The van der Waals surface area contributed by atoms with Crippen LogP contribution in [0.5, 0.6) is 0 Å². The molecule has 0 amide bonds.